The van der Waals surface area contributed by atoms with Gasteiger partial charge >= 0.3 is 0 Å². The van der Waals surface area contributed by atoms with Crippen LogP contribution >= 0.6 is 0 Å². The van der Waals surface area contributed by atoms with E-state index in [1.807, 2.05) is 24.3 Å². The number of nitrogens with zero attached hydrogens (tertiary/aromatic N) is 2. The molecule has 1 aromatic carbocycles. The Morgan fingerprint density at radius 1 is 1.14 bits per heavy atom. The standard InChI is InChI=1S/C17H25N3O2/c1-4-19(5-2)15-8-6-14(7-9-15)18-17(22)12-20(13(3)21)16-10-11-16/h6-9,16H,4-5,10-12H2,1-3H3,(H,18,22). The lowest BCUT2D eigenvalue weighted by Gasteiger charge is -2.22. The van der Waals surface area contributed by atoms with Gasteiger partial charge in [-0.1, -0.05) is 0 Å². The average molecular weight is 303 g/mol. The topological polar surface area (TPSA) is 52.7 Å². The molecule has 1 aromatic rings. The van der Waals surface area contributed by atoms with E-state index in [2.05, 4.69) is 24.1 Å². The first-order valence-electron chi connectivity index (χ1n) is 7.97. The van der Waals surface area contributed by atoms with Crippen LogP contribution in [0.5, 0.6) is 0 Å². The number of carbonyl (C=O) groups excluding carboxylic acids is 2. The van der Waals surface area contributed by atoms with Gasteiger partial charge in [0.15, 0.2) is 0 Å². The third-order valence-corrected chi connectivity index (χ3v) is 3.99. The number of rotatable bonds is 7. The summed E-state index contributed by atoms with van der Waals surface area (Å²) in [5, 5.41) is 2.86. The number of hydrogen-bond acceptors (Lipinski definition) is 3. The van der Waals surface area contributed by atoms with Crippen molar-refractivity contribution in [1.29, 1.82) is 0 Å². The fourth-order valence-corrected chi connectivity index (χ4v) is 2.58. The number of nitrogens with one attached hydrogen (secondary N) is 1. The molecule has 0 spiro atoms. The quantitative estimate of drug-likeness (QED) is 0.842. The second kappa shape index (κ2) is 7.29. The van der Waals surface area contributed by atoms with Crippen LogP contribution in [0.2, 0.25) is 0 Å². The highest BCUT2D eigenvalue weighted by atomic mass is 16.2. The molecular formula is C17H25N3O2. The van der Waals surface area contributed by atoms with Gasteiger partial charge in [-0.15, -0.1) is 0 Å². The van der Waals surface area contributed by atoms with E-state index in [1.165, 1.54) is 6.92 Å². The molecule has 22 heavy (non-hydrogen) atoms. The lowest BCUT2D eigenvalue weighted by molar-refractivity contribution is -0.133. The van der Waals surface area contributed by atoms with Crippen LogP contribution < -0.4 is 10.2 Å². The van der Waals surface area contributed by atoms with Crippen LogP contribution in [0.3, 0.4) is 0 Å². The van der Waals surface area contributed by atoms with E-state index in [0.717, 1.165) is 37.3 Å². The van der Waals surface area contributed by atoms with E-state index in [0.29, 0.717) is 0 Å². The predicted molar refractivity (Wildman–Crippen MR) is 89.0 cm³/mol. The summed E-state index contributed by atoms with van der Waals surface area (Å²) in [6.45, 7) is 7.80. The van der Waals surface area contributed by atoms with Crippen LogP contribution in [0.15, 0.2) is 24.3 Å². The van der Waals surface area contributed by atoms with Crippen LogP contribution in [0, 0.1) is 0 Å². The van der Waals surface area contributed by atoms with Crippen LogP contribution in [-0.2, 0) is 9.59 Å². The summed E-state index contributed by atoms with van der Waals surface area (Å²) in [5.41, 5.74) is 1.91. The monoisotopic (exact) mass is 303 g/mol. The molecule has 0 aromatic heterocycles. The summed E-state index contributed by atoms with van der Waals surface area (Å²) in [7, 11) is 0. The van der Waals surface area contributed by atoms with Gasteiger partial charge in [-0.2, -0.15) is 0 Å². The van der Waals surface area contributed by atoms with Crippen LogP contribution in [0.1, 0.15) is 33.6 Å². The Bertz CT molecular complexity index is 519. The first kappa shape index (κ1) is 16.3. The minimum atomic E-state index is -0.141. The van der Waals surface area contributed by atoms with E-state index < -0.39 is 0 Å². The molecule has 1 N–H and O–H groups in total. The van der Waals surface area contributed by atoms with Gasteiger partial charge in [-0.3, -0.25) is 9.59 Å². The third-order valence-electron chi connectivity index (χ3n) is 3.99. The maximum Gasteiger partial charge on any atom is 0.244 e. The Labute approximate surface area is 132 Å². The van der Waals surface area contributed by atoms with Gasteiger partial charge in [0.1, 0.15) is 6.54 Å². The van der Waals surface area contributed by atoms with E-state index in [-0.39, 0.29) is 24.4 Å². The normalized spacial score (nSPS) is 13.6. The van der Waals surface area contributed by atoms with Crippen LogP contribution in [0.4, 0.5) is 11.4 Å². The van der Waals surface area contributed by atoms with Gasteiger partial charge in [-0.25, -0.2) is 0 Å². The van der Waals surface area contributed by atoms with Crippen molar-refractivity contribution in [2.24, 2.45) is 0 Å². The first-order chi connectivity index (χ1) is 10.5. The molecule has 0 radical (unpaired) electrons. The Morgan fingerprint density at radius 2 is 1.73 bits per heavy atom. The largest absolute Gasteiger partial charge is 0.372 e. The molecular weight excluding hydrogens is 278 g/mol. The second-order valence-corrected chi connectivity index (χ2v) is 5.65. The van der Waals surface area contributed by atoms with Crippen molar-refractivity contribution in [3.8, 4) is 0 Å². The predicted octanol–water partition coefficient (Wildman–Crippen LogP) is 2.48. The second-order valence-electron chi connectivity index (χ2n) is 5.65. The maximum absolute atomic E-state index is 12.1. The Hall–Kier alpha value is -2.04. The molecule has 0 saturated heterocycles. The number of benzene rings is 1. The molecule has 1 aliphatic carbocycles. The van der Waals surface area contributed by atoms with Gasteiger partial charge in [0.25, 0.3) is 0 Å². The molecule has 0 unspecified atom stereocenters. The molecule has 2 rings (SSSR count). The number of carbonyl (C=O) groups is 2. The zero-order valence-electron chi connectivity index (χ0n) is 13.6. The first-order valence-corrected chi connectivity index (χ1v) is 7.97. The summed E-state index contributed by atoms with van der Waals surface area (Å²) < 4.78 is 0. The molecule has 1 saturated carbocycles. The lowest BCUT2D eigenvalue weighted by Crippen LogP contribution is -2.38. The van der Waals surface area contributed by atoms with Crippen LogP contribution in [0.25, 0.3) is 0 Å². The average Bonchev–Trinajstić information content (AvgIpc) is 3.32. The van der Waals surface area contributed by atoms with Crippen molar-refractivity contribution in [2.75, 3.05) is 29.9 Å². The molecule has 0 atom stereocenters. The zero-order valence-corrected chi connectivity index (χ0v) is 13.6. The third kappa shape index (κ3) is 4.23. The van der Waals surface area contributed by atoms with Gasteiger partial charge in [0.2, 0.25) is 11.8 Å². The minimum absolute atomic E-state index is 0.0328. The SMILES string of the molecule is CCN(CC)c1ccc(NC(=O)CN(C(C)=O)C2CC2)cc1. The molecule has 1 fully saturated rings. The van der Waals surface area contributed by atoms with Crippen molar-refractivity contribution < 1.29 is 9.59 Å². The molecule has 0 bridgehead atoms. The Balaban J connectivity index is 1.92. The highest BCUT2D eigenvalue weighted by Gasteiger charge is 2.31. The highest BCUT2D eigenvalue weighted by molar-refractivity contribution is 5.94. The molecule has 5 heteroatoms. The van der Waals surface area contributed by atoms with Crippen molar-refractivity contribution in [3.63, 3.8) is 0 Å². The summed E-state index contributed by atoms with van der Waals surface area (Å²) in [6, 6.07) is 8.08. The highest BCUT2D eigenvalue weighted by Crippen LogP contribution is 2.26. The summed E-state index contributed by atoms with van der Waals surface area (Å²) in [5.74, 6) is -0.174. The van der Waals surface area contributed by atoms with Gasteiger partial charge in [0, 0.05) is 37.4 Å². The van der Waals surface area contributed by atoms with Crippen molar-refractivity contribution >= 4 is 23.2 Å². The molecule has 2 amide bonds. The lowest BCUT2D eigenvalue weighted by atomic mass is 10.2. The number of amides is 2. The molecule has 0 heterocycles. The molecule has 0 aliphatic heterocycles. The Morgan fingerprint density at radius 3 is 2.18 bits per heavy atom. The fourth-order valence-electron chi connectivity index (χ4n) is 2.58. The number of hydrogen-bond donors (Lipinski definition) is 1. The van der Waals surface area contributed by atoms with Crippen molar-refractivity contribution in [3.05, 3.63) is 24.3 Å². The van der Waals surface area contributed by atoms with Crippen LogP contribution in [-0.4, -0.2) is 42.4 Å². The van der Waals surface area contributed by atoms with Gasteiger partial charge < -0.3 is 15.1 Å². The Kier molecular flexibility index (Phi) is 5.41. The van der Waals surface area contributed by atoms with Crippen molar-refractivity contribution in [2.45, 2.75) is 39.7 Å². The van der Waals surface area contributed by atoms with E-state index >= 15 is 0 Å². The van der Waals surface area contributed by atoms with E-state index in [9.17, 15) is 9.59 Å². The smallest absolute Gasteiger partial charge is 0.244 e. The van der Waals surface area contributed by atoms with E-state index in [1.54, 1.807) is 4.90 Å². The summed E-state index contributed by atoms with van der Waals surface area (Å²) in [4.78, 5) is 27.5. The van der Waals surface area contributed by atoms with Gasteiger partial charge in [0.05, 0.1) is 0 Å². The summed E-state index contributed by atoms with van der Waals surface area (Å²) >= 11 is 0. The summed E-state index contributed by atoms with van der Waals surface area (Å²) in [6.07, 6.45) is 2.01. The zero-order chi connectivity index (χ0) is 16.1. The molecule has 120 valence electrons. The van der Waals surface area contributed by atoms with E-state index in [4.69, 9.17) is 0 Å². The van der Waals surface area contributed by atoms with Crippen molar-refractivity contribution in [1.82, 2.24) is 4.90 Å². The number of anilines is 2. The minimum Gasteiger partial charge on any atom is -0.372 e. The molecule has 1 aliphatic rings. The van der Waals surface area contributed by atoms with Gasteiger partial charge in [-0.05, 0) is 51.0 Å². The fraction of sp³-hybridized carbons (Fsp3) is 0.529. The maximum atomic E-state index is 12.1. The molecule has 5 nitrogen and oxygen atoms in total.